The summed E-state index contributed by atoms with van der Waals surface area (Å²) in [5, 5.41) is 19.3. The summed E-state index contributed by atoms with van der Waals surface area (Å²) in [5.41, 5.74) is 19.4. The third kappa shape index (κ3) is 70.6. The number of aromatic nitrogens is 6. The molecule has 9 aromatic rings. The number of nitrogens with zero attached hydrogens (tertiary/aromatic N) is 10. The number of hydrogen-bond acceptors (Lipinski definition) is 29. The summed E-state index contributed by atoms with van der Waals surface area (Å²) in [6.07, 6.45) is 39.7. The normalized spacial score (nSPS) is 10.3. The van der Waals surface area contributed by atoms with E-state index < -0.39 is 5.60 Å². The van der Waals surface area contributed by atoms with Gasteiger partial charge in [-0.05, 0) is 287 Å². The number of hydrogen-bond donors (Lipinski definition) is 10. The first-order valence-electron chi connectivity index (χ1n) is 44.8. The number of pyridine rings is 6. The number of carbonyl (C=O) groups excluding carboxylic acids is 1. The van der Waals surface area contributed by atoms with Crippen molar-refractivity contribution in [3.05, 3.63) is 273 Å². The number of aliphatic imine (C=N–C) groups is 1. The molecule has 31 nitrogen and oxygen atoms in total. The molecule has 0 atom stereocenters. The van der Waals surface area contributed by atoms with Gasteiger partial charge < -0.3 is 42.8 Å². The molecule has 733 valence electrons. The van der Waals surface area contributed by atoms with E-state index in [1.807, 2.05) is 179 Å². The summed E-state index contributed by atoms with van der Waals surface area (Å²) < 4.78 is 41.4. The predicted molar refractivity (Wildman–Crippen MR) is 542 cm³/mol. The molecule has 0 bridgehead atoms. The van der Waals surface area contributed by atoms with Crippen LogP contribution in [0.1, 0.15) is 209 Å². The van der Waals surface area contributed by atoms with Crippen LogP contribution in [0.3, 0.4) is 0 Å². The third-order valence-electron chi connectivity index (χ3n) is 19.0. The van der Waals surface area contributed by atoms with Gasteiger partial charge in [-0.3, -0.25) is 44.6 Å². The Kier molecular flexibility index (Phi) is 81.2. The van der Waals surface area contributed by atoms with Gasteiger partial charge in [-0.15, -0.1) is 28.0 Å². The molecule has 0 aliphatic rings. The van der Waals surface area contributed by atoms with Crippen LogP contribution in [-0.2, 0) is 106 Å². The van der Waals surface area contributed by atoms with Gasteiger partial charge in [0.05, 0.1) is 81.1 Å². The molecule has 135 heavy (non-hydrogen) atoms. The number of alkyl carbamates (subject to hydrolysis) is 1. The summed E-state index contributed by atoms with van der Waals surface area (Å²) in [4.78, 5) is 64.4. The van der Waals surface area contributed by atoms with Crippen molar-refractivity contribution in [1.29, 1.82) is 0 Å². The molecule has 3 aromatic carbocycles. The molecule has 0 unspecified atom stereocenters. The number of anilines is 2. The summed E-state index contributed by atoms with van der Waals surface area (Å²) >= 11 is 18.3. The minimum atomic E-state index is -0.439. The van der Waals surface area contributed by atoms with Gasteiger partial charge >= 0.3 is 40.0 Å². The Hall–Kier alpha value is -8.62. The zero-order chi connectivity index (χ0) is 97.5. The summed E-state index contributed by atoms with van der Waals surface area (Å²) in [5.74, 6) is 14.4. The van der Waals surface area contributed by atoms with E-state index in [2.05, 4.69) is 184 Å². The Morgan fingerprint density at radius 2 is 0.622 bits per heavy atom. The molecule has 6 heterocycles. The number of isothiocyanates is 1. The zero-order valence-corrected chi connectivity index (χ0v) is 85.4. The van der Waals surface area contributed by atoms with Crippen LogP contribution in [-0.4, -0.2) is 124 Å². The maximum absolute atomic E-state index is 11.6. The molecule has 1 amide bonds. The molecule has 0 spiro atoms. The Morgan fingerprint density at radius 3 is 0.859 bits per heavy atom. The van der Waals surface area contributed by atoms with Crippen molar-refractivity contribution in [3.63, 3.8) is 0 Å². The number of thiocarbonyl (C=S) groups is 3. The number of nitrogens with one attached hydrogen (secondary N) is 5. The van der Waals surface area contributed by atoms with E-state index in [-0.39, 0.29) is 26.5 Å². The molecular formula is C97H136N20O11ReS6. The van der Waals surface area contributed by atoms with E-state index in [4.69, 9.17) is 66.4 Å². The minimum absolute atomic E-state index is 0. The van der Waals surface area contributed by atoms with E-state index in [1.165, 1.54) is 122 Å². The number of benzene rings is 3. The van der Waals surface area contributed by atoms with Crippen molar-refractivity contribution >= 4 is 111 Å². The van der Waals surface area contributed by atoms with Crippen molar-refractivity contribution in [2.45, 2.75) is 234 Å². The Labute approximate surface area is 842 Å². The van der Waals surface area contributed by atoms with Gasteiger partial charge in [0.1, 0.15) is 5.60 Å². The number of ether oxygens (including phenoxy) is 1. The van der Waals surface area contributed by atoms with Crippen LogP contribution in [0.25, 0.3) is 0 Å². The van der Waals surface area contributed by atoms with Gasteiger partial charge in [0.25, 0.3) is 0 Å². The molecule has 15 N–H and O–H groups in total. The van der Waals surface area contributed by atoms with Crippen LogP contribution >= 0.6 is 72.8 Å². The topological polar surface area (TPSA) is 431 Å². The maximum atomic E-state index is 11.6. The molecule has 0 aliphatic carbocycles. The number of unbranched alkanes of at least 4 members (excludes halogenated alkanes) is 20. The number of amides is 1. The maximum Gasteiger partial charge on any atom is 0 e. The first-order valence-corrected chi connectivity index (χ1v) is 48.2. The molecule has 9 rings (SSSR count). The molecule has 0 saturated heterocycles. The Morgan fingerprint density at radius 1 is 0.378 bits per heavy atom. The third-order valence-corrected chi connectivity index (χ3v) is 21.4. The fourth-order valence-electron chi connectivity index (χ4n) is 12.7. The van der Waals surface area contributed by atoms with E-state index >= 15 is 0 Å². The largest absolute Gasteiger partial charge is 0 e. The Balaban J connectivity index is 0.000000881. The monoisotopic (exact) mass is 2140 g/mol. The molecule has 6 aromatic heterocycles. The molecular weight excluding hydrogens is 2000 g/mol. The van der Waals surface area contributed by atoms with Gasteiger partial charge in [-0.2, -0.15) is 22.7 Å². The summed E-state index contributed by atoms with van der Waals surface area (Å²) in [7, 11) is 0. The molecule has 1 radical (unpaired) electrons. The summed E-state index contributed by atoms with van der Waals surface area (Å²) in [6.45, 7) is 31.4. The van der Waals surface area contributed by atoms with E-state index in [0.29, 0.717) is 16.8 Å². The van der Waals surface area contributed by atoms with Gasteiger partial charge in [-0.1, -0.05) is 139 Å². The average Bonchev–Trinajstić information content (AvgIpc) is 0.919. The van der Waals surface area contributed by atoms with Gasteiger partial charge in [-0.25, -0.2) is 4.79 Å². The smallest absolute Gasteiger partial charge is 0 e. The van der Waals surface area contributed by atoms with Crippen LogP contribution in [0.4, 0.5) is 21.9 Å². The van der Waals surface area contributed by atoms with E-state index in [9.17, 15) is 4.79 Å². The van der Waals surface area contributed by atoms with Crippen LogP contribution in [0.15, 0.2) is 239 Å². The first kappa shape index (κ1) is 124. The van der Waals surface area contributed by atoms with Crippen molar-refractivity contribution in [2.24, 2.45) is 34.2 Å². The van der Waals surface area contributed by atoms with E-state index in [1.54, 1.807) is 24.3 Å². The second-order valence-electron chi connectivity index (χ2n) is 30.8. The Bertz CT molecular complexity index is 4110. The van der Waals surface area contributed by atoms with Crippen LogP contribution in [0.5, 0.6) is 0 Å². The van der Waals surface area contributed by atoms with E-state index in [0.717, 1.165) is 219 Å². The zero-order valence-electron chi connectivity index (χ0n) is 77.8. The van der Waals surface area contributed by atoms with Crippen LogP contribution in [0.2, 0.25) is 0 Å². The van der Waals surface area contributed by atoms with Crippen molar-refractivity contribution in [2.75, 3.05) is 63.0 Å². The minimum Gasteiger partial charge on any atom is 0 e. The van der Waals surface area contributed by atoms with Crippen molar-refractivity contribution in [3.8, 4) is 0 Å². The molecule has 0 saturated carbocycles. The van der Waals surface area contributed by atoms with Gasteiger partial charge in [0, 0.05) is 143 Å². The quantitative estimate of drug-likeness (QED) is 0.00247. The van der Waals surface area contributed by atoms with Crippen LogP contribution < -0.4 is 55.7 Å². The number of nitrogens with two attached hydrogens (primary N) is 5. The average molecular weight is 2140 g/mol. The molecule has 0 aliphatic heterocycles. The predicted octanol–water partition coefficient (Wildman–Crippen LogP) is 20.0. The molecule has 0 fully saturated rings. The van der Waals surface area contributed by atoms with Crippen molar-refractivity contribution in [1.82, 2.24) is 60.6 Å². The standard InChI is InChI=1S/2C27H36N6O2S2.C25H38N4O2.C8H20N2.C7H6N2O2S2.3CO.Re/c2*28-34-35-37-26-15-13-23(14-16-26)32-27(36)31-19-7-3-1-2-4-10-20-33(21-24-11-5-8-17-29-24)22-25-12-6-9-18-30-25;1-25(2,3)31-24(30)28-18-10-6-4-5-7-13-19-29(20-22-14-8-11-16-26-22)21-23-15-9-12-17-27-23;9-7-5-3-1-2-4-6-8-10;8-10-11-13-7-3-1-6(2-4-7)9-5-12;3*1-2;/h2*5-6,8-9,11-18H,1-4,7,10,19-22,28H2,(H2,31,32,36);8-9,11-12,14-17H,4-7,10,13,18-21H2,1-3H3,(H,28,30);1-10H2;1-4H,8H2;;;;. The number of carbonyl (C=O) groups is 1. The first-order chi connectivity index (χ1) is 65.6. The van der Waals surface area contributed by atoms with Crippen molar-refractivity contribution < 1.29 is 71.9 Å². The summed E-state index contributed by atoms with van der Waals surface area (Å²) in [6, 6.07) is 59.0. The van der Waals surface area contributed by atoms with Gasteiger partial charge in [0.2, 0.25) is 0 Å². The van der Waals surface area contributed by atoms with Gasteiger partial charge in [0.15, 0.2) is 10.2 Å². The van der Waals surface area contributed by atoms with Crippen LogP contribution in [0, 0.1) is 20.0 Å². The SMILES string of the molecule is CC(C)(C)OC(=O)NCCCCCCCCN(Cc1ccccn1)Cc1ccccn1.NCCCCCCCCN.NOOSc1ccc(N=C=S)cc1.NOOSc1ccc(NC(=S)NCCCCCCCCN(Cc2ccccn2)Cc2ccccn2)cc1.NOOSc1ccc(NC(=S)NCCCCCCCCN(Cc2ccccn2)Cc2ccccn2)cc1.[C-]#[O+].[C-]#[O+].[C-]#[O+].[Re]. The second-order valence-corrected chi connectivity index (χ2v) is 34.1. The fourth-order valence-corrected chi connectivity index (χ4v) is 14.4. The number of rotatable bonds is 58. The second kappa shape index (κ2) is 88.1. The fraction of sp³-hybridized carbons (Fsp3) is 0.433. The molecule has 38 heteroatoms.